The molecule has 2 aliphatic rings. The van der Waals surface area contributed by atoms with Gasteiger partial charge in [0.05, 0.1) is 0 Å². The Hall–Kier alpha value is -2.66. The van der Waals surface area contributed by atoms with Crippen molar-refractivity contribution in [2.75, 3.05) is 26.2 Å². The summed E-state index contributed by atoms with van der Waals surface area (Å²) in [5.41, 5.74) is 2.23. The highest BCUT2D eigenvalue weighted by Crippen LogP contribution is 2.34. The number of pyridine rings is 1. The van der Waals surface area contributed by atoms with Crippen LogP contribution in [0.2, 0.25) is 0 Å². The first-order valence-electron chi connectivity index (χ1n) is 9.51. The number of hydrogen-bond donors (Lipinski definition) is 0. The number of ether oxygens (including phenoxy) is 1. The molecule has 0 radical (unpaired) electrons. The third-order valence-electron chi connectivity index (χ3n) is 5.42. The lowest BCUT2D eigenvalue weighted by atomic mass is 9.83. The summed E-state index contributed by atoms with van der Waals surface area (Å²) in [6.45, 7) is 3.78. The third kappa shape index (κ3) is 4.19. The maximum Gasteiger partial charge on any atom is 0.330 e. The fourth-order valence-electron chi connectivity index (χ4n) is 4.23. The predicted molar refractivity (Wildman–Crippen MR) is 104 cm³/mol. The number of carbonyl (C=O) groups is 1. The number of benzene rings is 1. The smallest absolute Gasteiger partial charge is 0.330 e. The van der Waals surface area contributed by atoms with Gasteiger partial charge in [-0.1, -0.05) is 36.4 Å². The molecule has 1 saturated heterocycles. The van der Waals surface area contributed by atoms with Gasteiger partial charge in [0, 0.05) is 49.9 Å². The Morgan fingerprint density at radius 2 is 1.93 bits per heavy atom. The number of likely N-dealkylation sites (tertiary alicyclic amines) is 1. The van der Waals surface area contributed by atoms with Crippen molar-refractivity contribution < 1.29 is 9.53 Å². The number of carbonyl (C=O) groups excluding carboxylic acids is 1. The van der Waals surface area contributed by atoms with E-state index in [4.69, 9.17) is 4.74 Å². The highest BCUT2D eigenvalue weighted by atomic mass is 16.5. The molecule has 5 heteroatoms. The van der Waals surface area contributed by atoms with Crippen molar-refractivity contribution in [2.24, 2.45) is 5.92 Å². The number of nitrogens with zero attached hydrogens (tertiary/aromatic N) is 2. The van der Waals surface area contributed by atoms with Crippen LogP contribution in [0.3, 0.4) is 0 Å². The first-order valence-corrected chi connectivity index (χ1v) is 9.51. The molecule has 27 heavy (non-hydrogen) atoms. The number of esters is 1. The van der Waals surface area contributed by atoms with E-state index in [0.29, 0.717) is 18.4 Å². The second kappa shape index (κ2) is 7.92. The second-order valence-corrected chi connectivity index (χ2v) is 7.37. The van der Waals surface area contributed by atoms with Gasteiger partial charge in [-0.2, -0.15) is 0 Å². The molecule has 0 amide bonds. The first-order chi connectivity index (χ1) is 13.2. The summed E-state index contributed by atoms with van der Waals surface area (Å²) >= 11 is 0. The van der Waals surface area contributed by atoms with Crippen LogP contribution in [-0.2, 0) is 16.1 Å². The molecule has 3 heterocycles. The summed E-state index contributed by atoms with van der Waals surface area (Å²) in [6.07, 6.45) is 4.38. The molecule has 0 N–H and O–H groups in total. The van der Waals surface area contributed by atoms with Crippen LogP contribution >= 0.6 is 0 Å². The third-order valence-corrected chi connectivity index (χ3v) is 5.42. The van der Waals surface area contributed by atoms with Crippen LogP contribution in [-0.4, -0.2) is 41.7 Å². The quantitative estimate of drug-likeness (QED) is 0.604. The van der Waals surface area contributed by atoms with Crippen molar-refractivity contribution in [3.8, 4) is 0 Å². The zero-order valence-corrected chi connectivity index (χ0v) is 15.3. The van der Waals surface area contributed by atoms with Gasteiger partial charge in [0.1, 0.15) is 6.61 Å². The van der Waals surface area contributed by atoms with Crippen molar-refractivity contribution >= 4 is 12.0 Å². The number of fused-ring (bicyclic) bond motifs is 4. The molecule has 2 atom stereocenters. The minimum Gasteiger partial charge on any atom is -0.461 e. The lowest BCUT2D eigenvalue weighted by Gasteiger charge is -2.42. The molecule has 1 aromatic carbocycles. The lowest BCUT2D eigenvalue weighted by molar-refractivity contribution is -0.138. The molecule has 2 aliphatic heterocycles. The normalized spacial score (nSPS) is 21.8. The molecular weight excluding hydrogens is 340 g/mol. The molecule has 0 aliphatic carbocycles. The zero-order valence-electron chi connectivity index (χ0n) is 15.3. The molecule has 0 unspecified atom stereocenters. The zero-order chi connectivity index (χ0) is 18.6. The maximum atomic E-state index is 12.1. The van der Waals surface area contributed by atoms with Crippen molar-refractivity contribution in [1.82, 2.24) is 9.47 Å². The highest BCUT2D eigenvalue weighted by Gasteiger charge is 2.34. The molecule has 2 bridgehead atoms. The Bertz CT molecular complexity index is 888. The van der Waals surface area contributed by atoms with Crippen LogP contribution in [0, 0.1) is 5.92 Å². The average Bonchev–Trinajstić information content (AvgIpc) is 2.68. The van der Waals surface area contributed by atoms with E-state index in [1.54, 1.807) is 12.1 Å². The summed E-state index contributed by atoms with van der Waals surface area (Å²) < 4.78 is 7.29. The van der Waals surface area contributed by atoms with Crippen LogP contribution in [0.4, 0.5) is 0 Å². The summed E-state index contributed by atoms with van der Waals surface area (Å²) in [4.78, 5) is 26.3. The van der Waals surface area contributed by atoms with Gasteiger partial charge in [0.25, 0.3) is 5.56 Å². The Kier molecular flexibility index (Phi) is 5.21. The van der Waals surface area contributed by atoms with Gasteiger partial charge in [-0.05, 0) is 30.0 Å². The van der Waals surface area contributed by atoms with E-state index in [2.05, 4.69) is 11.0 Å². The van der Waals surface area contributed by atoms with Crippen LogP contribution < -0.4 is 5.56 Å². The highest BCUT2D eigenvalue weighted by molar-refractivity contribution is 5.87. The molecule has 2 aromatic rings. The van der Waals surface area contributed by atoms with Gasteiger partial charge in [0.2, 0.25) is 0 Å². The van der Waals surface area contributed by atoms with Gasteiger partial charge in [-0.15, -0.1) is 0 Å². The largest absolute Gasteiger partial charge is 0.461 e. The predicted octanol–water partition coefficient (Wildman–Crippen LogP) is 2.52. The monoisotopic (exact) mass is 364 g/mol. The van der Waals surface area contributed by atoms with E-state index in [-0.39, 0.29) is 11.5 Å². The first kappa shape index (κ1) is 17.7. The van der Waals surface area contributed by atoms with E-state index in [1.807, 2.05) is 41.0 Å². The van der Waals surface area contributed by atoms with E-state index >= 15 is 0 Å². The summed E-state index contributed by atoms with van der Waals surface area (Å²) in [5.74, 6) is 0.568. The fourth-order valence-corrected chi connectivity index (χ4v) is 4.23. The van der Waals surface area contributed by atoms with E-state index in [0.717, 1.165) is 43.9 Å². The SMILES string of the molecule is O=C(/C=C/c1ccccc1)OCCN1C[C@@H]2C[C@H](C1)c1cccc(=O)n1C2. The Labute approximate surface area is 158 Å². The molecular formula is C22H24N2O3. The van der Waals surface area contributed by atoms with Crippen molar-refractivity contribution in [3.05, 3.63) is 76.2 Å². The second-order valence-electron chi connectivity index (χ2n) is 7.37. The van der Waals surface area contributed by atoms with Crippen LogP contribution in [0.25, 0.3) is 6.08 Å². The topological polar surface area (TPSA) is 51.5 Å². The number of piperidine rings is 1. The summed E-state index contributed by atoms with van der Waals surface area (Å²) in [5, 5.41) is 0. The van der Waals surface area contributed by atoms with Crippen molar-refractivity contribution in [2.45, 2.75) is 18.9 Å². The molecule has 0 spiro atoms. The van der Waals surface area contributed by atoms with Crippen LogP contribution in [0.1, 0.15) is 23.6 Å². The fraction of sp³-hybridized carbons (Fsp3) is 0.364. The number of aromatic nitrogens is 1. The molecule has 140 valence electrons. The Balaban J connectivity index is 1.29. The average molecular weight is 364 g/mol. The van der Waals surface area contributed by atoms with Gasteiger partial charge in [-0.3, -0.25) is 9.69 Å². The van der Waals surface area contributed by atoms with Crippen LogP contribution in [0.5, 0.6) is 0 Å². The van der Waals surface area contributed by atoms with Crippen molar-refractivity contribution in [1.29, 1.82) is 0 Å². The van der Waals surface area contributed by atoms with E-state index in [9.17, 15) is 9.59 Å². The minimum absolute atomic E-state index is 0.106. The number of rotatable bonds is 5. The lowest BCUT2D eigenvalue weighted by Crippen LogP contribution is -2.47. The van der Waals surface area contributed by atoms with Gasteiger partial charge >= 0.3 is 5.97 Å². The summed E-state index contributed by atoms with van der Waals surface area (Å²) in [6, 6.07) is 15.3. The van der Waals surface area contributed by atoms with E-state index < -0.39 is 0 Å². The Morgan fingerprint density at radius 1 is 1.07 bits per heavy atom. The van der Waals surface area contributed by atoms with E-state index in [1.165, 1.54) is 6.08 Å². The molecule has 1 fully saturated rings. The van der Waals surface area contributed by atoms with Crippen molar-refractivity contribution in [3.63, 3.8) is 0 Å². The van der Waals surface area contributed by atoms with Crippen LogP contribution in [0.15, 0.2) is 59.4 Å². The van der Waals surface area contributed by atoms with Gasteiger partial charge in [0.15, 0.2) is 0 Å². The van der Waals surface area contributed by atoms with Gasteiger partial charge in [-0.25, -0.2) is 4.79 Å². The number of hydrogen-bond acceptors (Lipinski definition) is 4. The minimum atomic E-state index is -0.312. The maximum absolute atomic E-state index is 12.1. The molecule has 1 aromatic heterocycles. The standard InChI is InChI=1S/C22H24N2O3/c25-21-8-4-7-20-19-13-18(15-24(20)21)14-23(16-19)11-12-27-22(26)10-9-17-5-2-1-3-6-17/h1-10,18-19H,11-16H2/b10-9+/t18-,19+/m0/s1. The van der Waals surface area contributed by atoms with Gasteiger partial charge < -0.3 is 9.30 Å². The summed E-state index contributed by atoms with van der Waals surface area (Å²) in [7, 11) is 0. The molecule has 5 nitrogen and oxygen atoms in total. The molecule has 0 saturated carbocycles. The molecule has 4 rings (SSSR count). The Morgan fingerprint density at radius 3 is 2.78 bits per heavy atom.